The number of hydrazone groups is 1. The molecule has 4 rings (SSSR count). The fourth-order valence-electron chi connectivity index (χ4n) is 3.96. The molecule has 0 bridgehead atoms. The number of amides is 3. The number of aryl methyl sites for hydroxylation is 1. The summed E-state index contributed by atoms with van der Waals surface area (Å²) < 4.78 is 23.6. The van der Waals surface area contributed by atoms with Gasteiger partial charge in [0.2, 0.25) is 5.91 Å². The van der Waals surface area contributed by atoms with Gasteiger partial charge < -0.3 is 10.6 Å². The Morgan fingerprint density at radius 2 is 1.79 bits per heavy atom. The summed E-state index contributed by atoms with van der Waals surface area (Å²) >= 11 is 0. The maximum atomic E-state index is 12.9. The molecule has 0 aliphatic carbocycles. The van der Waals surface area contributed by atoms with Crippen molar-refractivity contribution in [3.63, 3.8) is 0 Å². The van der Waals surface area contributed by atoms with E-state index in [9.17, 15) is 22.8 Å². The first-order valence-corrected chi connectivity index (χ1v) is 12.9. The van der Waals surface area contributed by atoms with Crippen molar-refractivity contribution in [3.05, 3.63) is 65.2 Å². The summed E-state index contributed by atoms with van der Waals surface area (Å²) in [6, 6.07) is 13.9. The average molecular weight is 483 g/mol. The lowest BCUT2D eigenvalue weighted by Crippen LogP contribution is -2.42. The summed E-state index contributed by atoms with van der Waals surface area (Å²) in [5.41, 5.74) is 2.83. The third-order valence-corrected chi connectivity index (χ3v) is 7.62. The van der Waals surface area contributed by atoms with E-state index in [-0.39, 0.29) is 41.9 Å². The van der Waals surface area contributed by atoms with Gasteiger partial charge in [0, 0.05) is 19.4 Å². The van der Waals surface area contributed by atoms with E-state index < -0.39 is 21.8 Å². The third kappa shape index (κ3) is 5.51. The molecule has 1 fully saturated rings. The predicted octanol–water partition coefficient (Wildman–Crippen LogP) is 2.03. The minimum absolute atomic E-state index is 0.00354. The highest BCUT2D eigenvalue weighted by molar-refractivity contribution is 7.91. The lowest BCUT2D eigenvalue weighted by molar-refractivity contribution is -0.133. The van der Waals surface area contributed by atoms with Crippen molar-refractivity contribution < 1.29 is 22.8 Å². The summed E-state index contributed by atoms with van der Waals surface area (Å²) in [5, 5.41) is 10.9. The number of hydrogen-bond acceptors (Lipinski definition) is 6. The second kappa shape index (κ2) is 9.76. The Hall–Kier alpha value is -3.53. The van der Waals surface area contributed by atoms with Gasteiger partial charge in [-0.3, -0.25) is 14.4 Å². The first kappa shape index (κ1) is 23.6. The standard InChI is InChI=1S/C24H26N4O5S/c1-16-6-8-17(9-7-16)14-25-23(30)19-4-2-3-5-20(19)26-24(31)21-10-11-22(29)28(27-21)18-12-13-34(32,33)15-18/h2-9,18H,10-15H2,1H3,(H,25,30)(H,26,31)/t18-/m0/s1. The SMILES string of the molecule is Cc1ccc(CNC(=O)c2ccccc2NC(=O)C2=NN([C@H]3CCS(=O)(=O)C3)C(=O)CC2)cc1. The van der Waals surface area contributed by atoms with Crippen molar-refractivity contribution in [2.45, 2.75) is 38.8 Å². The quantitative estimate of drug-likeness (QED) is 0.652. The molecule has 2 aliphatic heterocycles. The molecule has 10 heteroatoms. The van der Waals surface area contributed by atoms with Crippen molar-refractivity contribution in [1.29, 1.82) is 0 Å². The van der Waals surface area contributed by atoms with Crippen LogP contribution >= 0.6 is 0 Å². The molecule has 0 unspecified atom stereocenters. The largest absolute Gasteiger partial charge is 0.348 e. The summed E-state index contributed by atoms with van der Waals surface area (Å²) in [5.74, 6) is -1.31. The molecule has 2 aromatic carbocycles. The summed E-state index contributed by atoms with van der Waals surface area (Å²) in [6.45, 7) is 2.33. The van der Waals surface area contributed by atoms with Gasteiger partial charge in [0.1, 0.15) is 5.71 Å². The Morgan fingerprint density at radius 1 is 1.06 bits per heavy atom. The molecular weight excluding hydrogens is 456 g/mol. The number of hydrogen-bond donors (Lipinski definition) is 2. The smallest absolute Gasteiger partial charge is 0.271 e. The predicted molar refractivity (Wildman–Crippen MR) is 128 cm³/mol. The van der Waals surface area contributed by atoms with Crippen LogP contribution in [0.25, 0.3) is 0 Å². The van der Waals surface area contributed by atoms with Gasteiger partial charge in [-0.15, -0.1) is 0 Å². The molecule has 34 heavy (non-hydrogen) atoms. The van der Waals surface area contributed by atoms with Crippen LogP contribution in [-0.2, 0) is 26.0 Å². The van der Waals surface area contributed by atoms with Gasteiger partial charge in [-0.25, -0.2) is 13.4 Å². The zero-order valence-corrected chi connectivity index (χ0v) is 19.6. The van der Waals surface area contributed by atoms with E-state index in [1.807, 2.05) is 31.2 Å². The van der Waals surface area contributed by atoms with Gasteiger partial charge in [-0.05, 0) is 31.0 Å². The highest BCUT2D eigenvalue weighted by Crippen LogP contribution is 2.23. The molecular formula is C24H26N4O5S. The monoisotopic (exact) mass is 482 g/mol. The minimum Gasteiger partial charge on any atom is -0.348 e. The van der Waals surface area contributed by atoms with Crippen molar-refractivity contribution in [2.24, 2.45) is 5.10 Å². The maximum absolute atomic E-state index is 12.9. The molecule has 0 spiro atoms. The van der Waals surface area contributed by atoms with Crippen LogP contribution < -0.4 is 10.6 Å². The van der Waals surface area contributed by atoms with Gasteiger partial charge in [0.05, 0.1) is 28.8 Å². The molecule has 0 radical (unpaired) electrons. The number of nitrogens with one attached hydrogen (secondary N) is 2. The van der Waals surface area contributed by atoms with Crippen LogP contribution in [0, 0.1) is 6.92 Å². The van der Waals surface area contributed by atoms with Gasteiger partial charge in [0.15, 0.2) is 9.84 Å². The lowest BCUT2D eigenvalue weighted by atomic mass is 10.1. The second-order valence-corrected chi connectivity index (χ2v) is 10.7. The maximum Gasteiger partial charge on any atom is 0.271 e. The van der Waals surface area contributed by atoms with Crippen LogP contribution in [0.3, 0.4) is 0 Å². The van der Waals surface area contributed by atoms with Crippen LogP contribution in [0.1, 0.15) is 40.7 Å². The number of rotatable bonds is 6. The fourth-order valence-corrected chi connectivity index (χ4v) is 5.65. The molecule has 2 N–H and O–H groups in total. The zero-order valence-electron chi connectivity index (χ0n) is 18.8. The van der Waals surface area contributed by atoms with Crippen molar-refractivity contribution in [3.8, 4) is 0 Å². The van der Waals surface area contributed by atoms with E-state index in [0.717, 1.165) is 16.1 Å². The van der Waals surface area contributed by atoms with Crippen LogP contribution in [0.15, 0.2) is 53.6 Å². The van der Waals surface area contributed by atoms with Crippen molar-refractivity contribution in [2.75, 3.05) is 16.8 Å². The Morgan fingerprint density at radius 3 is 2.50 bits per heavy atom. The molecule has 2 heterocycles. The molecule has 0 aromatic heterocycles. The number of sulfone groups is 1. The zero-order chi connectivity index (χ0) is 24.3. The molecule has 2 aromatic rings. The van der Waals surface area contributed by atoms with Gasteiger partial charge >= 0.3 is 0 Å². The highest BCUT2D eigenvalue weighted by Gasteiger charge is 2.37. The van der Waals surface area contributed by atoms with E-state index >= 15 is 0 Å². The number of nitrogens with zero attached hydrogens (tertiary/aromatic N) is 2. The first-order valence-electron chi connectivity index (χ1n) is 11.1. The van der Waals surface area contributed by atoms with E-state index in [0.29, 0.717) is 24.2 Å². The first-order chi connectivity index (χ1) is 16.2. The minimum atomic E-state index is -3.21. The number of benzene rings is 2. The van der Waals surface area contributed by atoms with E-state index in [1.165, 1.54) is 0 Å². The van der Waals surface area contributed by atoms with E-state index in [2.05, 4.69) is 15.7 Å². The molecule has 9 nitrogen and oxygen atoms in total. The number of carbonyl (C=O) groups is 3. The molecule has 2 aliphatic rings. The topological polar surface area (TPSA) is 125 Å². The highest BCUT2D eigenvalue weighted by atomic mass is 32.2. The Balaban J connectivity index is 1.45. The van der Waals surface area contributed by atoms with Crippen LogP contribution in [0.2, 0.25) is 0 Å². The Bertz CT molecular complexity index is 1250. The molecule has 178 valence electrons. The Labute approximate surface area is 198 Å². The van der Waals surface area contributed by atoms with Crippen LogP contribution in [0.5, 0.6) is 0 Å². The lowest BCUT2D eigenvalue weighted by Gasteiger charge is -2.27. The molecule has 1 atom stereocenters. The average Bonchev–Trinajstić information content (AvgIpc) is 3.18. The number of carbonyl (C=O) groups excluding carboxylic acids is 3. The number of anilines is 1. The summed E-state index contributed by atoms with van der Waals surface area (Å²) in [6.07, 6.45) is 0.514. The van der Waals surface area contributed by atoms with Crippen LogP contribution in [-0.4, -0.2) is 54.4 Å². The van der Waals surface area contributed by atoms with Gasteiger partial charge in [-0.2, -0.15) is 5.10 Å². The molecule has 3 amide bonds. The Kier molecular flexibility index (Phi) is 6.78. The van der Waals surface area contributed by atoms with Gasteiger partial charge in [-0.1, -0.05) is 42.0 Å². The molecule has 0 saturated carbocycles. The third-order valence-electron chi connectivity index (χ3n) is 5.87. The van der Waals surface area contributed by atoms with Crippen LogP contribution in [0.4, 0.5) is 5.69 Å². The van der Waals surface area contributed by atoms with E-state index in [4.69, 9.17) is 0 Å². The fraction of sp³-hybridized carbons (Fsp3) is 0.333. The normalized spacial score (nSPS) is 19.4. The number of para-hydroxylation sites is 1. The summed E-state index contributed by atoms with van der Waals surface area (Å²) in [7, 11) is -3.21. The summed E-state index contributed by atoms with van der Waals surface area (Å²) in [4.78, 5) is 38.0. The second-order valence-electron chi connectivity index (χ2n) is 8.51. The van der Waals surface area contributed by atoms with Crippen molar-refractivity contribution in [1.82, 2.24) is 10.3 Å². The van der Waals surface area contributed by atoms with Crippen molar-refractivity contribution >= 4 is 39.0 Å². The van der Waals surface area contributed by atoms with E-state index in [1.54, 1.807) is 24.3 Å². The molecule has 1 saturated heterocycles. The van der Waals surface area contributed by atoms with Gasteiger partial charge in [0.25, 0.3) is 11.8 Å².